The molecule has 2 aliphatic heterocycles. The van der Waals surface area contributed by atoms with Crippen LogP contribution in [0.2, 0.25) is 5.02 Å². The van der Waals surface area contributed by atoms with E-state index in [4.69, 9.17) is 11.6 Å². The van der Waals surface area contributed by atoms with Gasteiger partial charge in [0.05, 0.1) is 39.7 Å². The highest BCUT2D eigenvalue weighted by Gasteiger charge is 2.34. The van der Waals surface area contributed by atoms with Crippen LogP contribution in [0.3, 0.4) is 0 Å². The molecular formula is C22H27ClF3N5O2S. The number of hydrogen-bond acceptors (Lipinski definition) is 7. The van der Waals surface area contributed by atoms with Crippen molar-refractivity contribution in [3.63, 3.8) is 0 Å². The lowest BCUT2D eigenvalue weighted by Crippen LogP contribution is -2.47. The van der Waals surface area contributed by atoms with E-state index in [-0.39, 0.29) is 17.7 Å². The maximum atomic E-state index is 13.2. The lowest BCUT2D eigenvalue weighted by Gasteiger charge is -2.36. The summed E-state index contributed by atoms with van der Waals surface area (Å²) in [6, 6.07) is 3.77. The van der Waals surface area contributed by atoms with Crippen LogP contribution in [0, 0.1) is 0 Å². The zero-order valence-electron chi connectivity index (χ0n) is 18.7. The van der Waals surface area contributed by atoms with Gasteiger partial charge in [0.1, 0.15) is 10.7 Å². The van der Waals surface area contributed by atoms with E-state index in [9.17, 15) is 22.5 Å². The van der Waals surface area contributed by atoms with Crippen LogP contribution < -0.4 is 15.1 Å². The number of piperazine rings is 1. The number of aliphatic hydroxyl groups is 1. The molecule has 1 saturated heterocycles. The Bertz CT molecular complexity index is 1060. The molecule has 0 bridgehead atoms. The van der Waals surface area contributed by atoms with Crippen molar-refractivity contribution in [2.45, 2.75) is 43.3 Å². The number of alkyl halides is 3. The van der Waals surface area contributed by atoms with Crippen LogP contribution in [0.25, 0.3) is 0 Å². The van der Waals surface area contributed by atoms with Gasteiger partial charge in [-0.05, 0) is 24.6 Å². The average Bonchev–Trinajstić information content (AvgIpc) is 3.19. The molecule has 0 aliphatic carbocycles. The molecule has 186 valence electrons. The molecule has 0 radical (unpaired) electrons. The van der Waals surface area contributed by atoms with E-state index < -0.39 is 22.5 Å². The summed E-state index contributed by atoms with van der Waals surface area (Å²) >= 11 is 5.75. The summed E-state index contributed by atoms with van der Waals surface area (Å²) in [5, 5.41) is 12.6. The van der Waals surface area contributed by atoms with E-state index in [2.05, 4.69) is 15.3 Å². The van der Waals surface area contributed by atoms with Crippen LogP contribution in [0.15, 0.2) is 23.1 Å². The number of aliphatic hydroxyl groups excluding tert-OH is 1. The van der Waals surface area contributed by atoms with E-state index in [1.807, 2.05) is 16.7 Å². The molecule has 34 heavy (non-hydrogen) atoms. The molecular weight excluding hydrogens is 491 g/mol. The second-order valence-corrected chi connectivity index (χ2v) is 10.3. The third-order valence-corrected chi connectivity index (χ3v) is 7.85. The topological polar surface area (TPSA) is 81.6 Å². The van der Waals surface area contributed by atoms with E-state index in [0.717, 1.165) is 24.6 Å². The lowest BCUT2D eigenvalue weighted by atomic mass is 10.1. The van der Waals surface area contributed by atoms with Gasteiger partial charge in [0, 0.05) is 44.0 Å². The normalized spacial score (nSPS) is 19.3. The van der Waals surface area contributed by atoms with Gasteiger partial charge in [-0.15, -0.1) is 0 Å². The molecule has 12 heteroatoms. The maximum Gasteiger partial charge on any atom is 0.417 e. The predicted molar refractivity (Wildman–Crippen MR) is 127 cm³/mol. The minimum atomic E-state index is -4.51. The average molecular weight is 518 g/mol. The Morgan fingerprint density at radius 3 is 2.56 bits per heavy atom. The van der Waals surface area contributed by atoms with Gasteiger partial charge in [-0.3, -0.25) is 4.21 Å². The first kappa shape index (κ1) is 25.0. The van der Waals surface area contributed by atoms with Crippen LogP contribution in [0.4, 0.5) is 30.6 Å². The highest BCUT2D eigenvalue weighted by Crippen LogP contribution is 2.37. The SMILES string of the molecule is CCCC(CO)Nc1nc(N2CCN(c3ccc(Cl)c(C(F)(F)F)c3)CC2)nc2c1[S@](=O)CC2. The number of aromatic nitrogens is 2. The highest BCUT2D eigenvalue weighted by atomic mass is 35.5. The van der Waals surface area contributed by atoms with Crippen LogP contribution in [-0.4, -0.2) is 63.9 Å². The molecule has 4 rings (SSSR count). The van der Waals surface area contributed by atoms with Crippen LogP contribution in [0.5, 0.6) is 0 Å². The largest absolute Gasteiger partial charge is 0.417 e. The molecule has 7 nitrogen and oxygen atoms in total. The Balaban J connectivity index is 1.53. The smallest absolute Gasteiger partial charge is 0.394 e. The zero-order valence-corrected chi connectivity index (χ0v) is 20.3. The number of nitrogens with one attached hydrogen (secondary N) is 1. The Kier molecular flexibility index (Phi) is 7.54. The van der Waals surface area contributed by atoms with Gasteiger partial charge in [-0.2, -0.15) is 18.2 Å². The molecule has 2 aromatic rings. The summed E-state index contributed by atoms with van der Waals surface area (Å²) in [5.41, 5.74) is 0.369. The number of fused-ring (bicyclic) bond motifs is 1. The van der Waals surface area contributed by atoms with Crippen molar-refractivity contribution < 1.29 is 22.5 Å². The van der Waals surface area contributed by atoms with Crippen molar-refractivity contribution in [3.8, 4) is 0 Å². The van der Waals surface area contributed by atoms with Crippen molar-refractivity contribution >= 4 is 39.9 Å². The van der Waals surface area contributed by atoms with E-state index in [0.29, 0.717) is 60.7 Å². The molecule has 2 atom stereocenters. The lowest BCUT2D eigenvalue weighted by molar-refractivity contribution is -0.137. The molecule has 0 amide bonds. The van der Waals surface area contributed by atoms with Crippen molar-refractivity contribution in [3.05, 3.63) is 34.5 Å². The molecule has 2 N–H and O–H groups in total. The zero-order chi connectivity index (χ0) is 24.5. The number of aryl methyl sites for hydroxylation is 1. The fourth-order valence-electron chi connectivity index (χ4n) is 4.27. The minimum Gasteiger partial charge on any atom is -0.394 e. The summed E-state index contributed by atoms with van der Waals surface area (Å²) in [7, 11) is -1.19. The Hall–Kier alpha value is -2.11. The van der Waals surface area contributed by atoms with Crippen LogP contribution in [0.1, 0.15) is 31.0 Å². The number of hydrogen-bond donors (Lipinski definition) is 2. The van der Waals surface area contributed by atoms with Gasteiger partial charge < -0.3 is 20.2 Å². The first-order valence-electron chi connectivity index (χ1n) is 11.2. The van der Waals surface area contributed by atoms with E-state index >= 15 is 0 Å². The van der Waals surface area contributed by atoms with Gasteiger partial charge in [-0.1, -0.05) is 24.9 Å². The first-order valence-corrected chi connectivity index (χ1v) is 12.9. The molecule has 0 spiro atoms. The first-order chi connectivity index (χ1) is 16.2. The number of rotatable bonds is 7. The van der Waals surface area contributed by atoms with E-state index in [1.54, 1.807) is 6.07 Å². The fourth-order valence-corrected chi connectivity index (χ4v) is 5.80. The number of benzene rings is 1. The van der Waals surface area contributed by atoms with Crippen molar-refractivity contribution in [1.29, 1.82) is 0 Å². The monoisotopic (exact) mass is 517 g/mol. The molecule has 3 heterocycles. The Labute approximate surface area is 203 Å². The molecule has 1 unspecified atom stereocenters. The standard InChI is InChI=1S/C22H27ClF3N5O2S/c1-2-3-14(13-32)27-20-19-18(6-11-34(19)33)28-21(29-20)31-9-7-30(8-10-31)15-4-5-17(23)16(12-15)22(24,25)26/h4-5,12,14,32H,2-3,6-11,13H2,1H3,(H,27,28,29)/t14?,34-/m1/s1. The van der Waals surface area contributed by atoms with Gasteiger partial charge in [0.15, 0.2) is 0 Å². The Morgan fingerprint density at radius 1 is 1.21 bits per heavy atom. The second-order valence-electron chi connectivity index (χ2n) is 8.40. The van der Waals surface area contributed by atoms with Crippen LogP contribution in [-0.2, 0) is 23.4 Å². The molecule has 2 aliphatic rings. The van der Waals surface area contributed by atoms with Gasteiger partial charge >= 0.3 is 6.18 Å². The summed E-state index contributed by atoms with van der Waals surface area (Å²) in [6.07, 6.45) is -2.30. The molecule has 1 aromatic carbocycles. The van der Waals surface area contributed by atoms with Crippen LogP contribution >= 0.6 is 11.6 Å². The third-order valence-electron chi connectivity index (χ3n) is 6.06. The number of anilines is 3. The van der Waals surface area contributed by atoms with Crippen molar-refractivity contribution in [2.75, 3.05) is 53.7 Å². The summed E-state index contributed by atoms with van der Waals surface area (Å²) in [6.45, 7) is 3.98. The number of halogens is 4. The summed E-state index contributed by atoms with van der Waals surface area (Å²) in [4.78, 5) is 13.8. The highest BCUT2D eigenvalue weighted by molar-refractivity contribution is 7.85. The van der Waals surface area contributed by atoms with E-state index in [1.165, 1.54) is 6.07 Å². The maximum absolute atomic E-state index is 13.2. The van der Waals surface area contributed by atoms with Gasteiger partial charge in [0.2, 0.25) is 5.95 Å². The Morgan fingerprint density at radius 2 is 1.91 bits per heavy atom. The fraction of sp³-hybridized carbons (Fsp3) is 0.545. The van der Waals surface area contributed by atoms with Crippen molar-refractivity contribution in [1.82, 2.24) is 9.97 Å². The second kappa shape index (κ2) is 10.2. The van der Waals surface area contributed by atoms with Crippen molar-refractivity contribution in [2.24, 2.45) is 0 Å². The summed E-state index contributed by atoms with van der Waals surface area (Å²) < 4.78 is 52.3. The van der Waals surface area contributed by atoms with Gasteiger partial charge in [0.25, 0.3) is 0 Å². The minimum absolute atomic E-state index is 0.0612. The quantitative estimate of drug-likeness (QED) is 0.579. The molecule has 1 aromatic heterocycles. The summed E-state index contributed by atoms with van der Waals surface area (Å²) in [5.74, 6) is 1.49. The van der Waals surface area contributed by atoms with Gasteiger partial charge in [-0.25, -0.2) is 4.98 Å². The number of nitrogens with zero attached hydrogens (tertiary/aromatic N) is 4. The molecule has 0 saturated carbocycles. The third kappa shape index (κ3) is 5.26. The molecule has 1 fully saturated rings. The predicted octanol–water partition coefficient (Wildman–Crippen LogP) is 3.71.